The molecule has 1 aromatic rings. The lowest BCUT2D eigenvalue weighted by molar-refractivity contribution is -0.118. The number of thioether (sulfide) groups is 1. The summed E-state index contributed by atoms with van der Waals surface area (Å²) in [5.41, 5.74) is 2.32. The van der Waals surface area contributed by atoms with Crippen LogP contribution in [0.3, 0.4) is 0 Å². The van der Waals surface area contributed by atoms with Gasteiger partial charge >= 0.3 is 0 Å². The molecule has 6 nitrogen and oxygen atoms in total. The summed E-state index contributed by atoms with van der Waals surface area (Å²) >= 11 is 1.59. The molecule has 0 bridgehead atoms. The van der Waals surface area contributed by atoms with Crippen molar-refractivity contribution in [2.24, 2.45) is 0 Å². The number of fused-ring (bicyclic) bond motifs is 3. The molecule has 1 fully saturated rings. The third-order valence-corrected chi connectivity index (χ3v) is 7.47. The fraction of sp³-hybridized carbons (Fsp3) is 0.478. The van der Waals surface area contributed by atoms with Crippen LogP contribution in [0.5, 0.6) is 0 Å². The van der Waals surface area contributed by atoms with Gasteiger partial charge in [0.15, 0.2) is 11.0 Å². The van der Waals surface area contributed by atoms with E-state index in [0.29, 0.717) is 23.6 Å². The van der Waals surface area contributed by atoms with E-state index in [2.05, 4.69) is 9.67 Å². The SMILES string of the molecule is O=C1CCCCCC1Sc1nc2nn(-c3ccccc3)c(=O)c-2c2n1CCCCC2. The second-order valence-corrected chi connectivity index (χ2v) is 9.40. The molecule has 1 aromatic carbocycles. The van der Waals surface area contributed by atoms with Crippen LogP contribution >= 0.6 is 11.8 Å². The molecule has 156 valence electrons. The van der Waals surface area contributed by atoms with Gasteiger partial charge in [-0.05, 0) is 44.2 Å². The number of carbonyl (C=O) groups excluding carboxylic acids is 1. The Hall–Kier alpha value is -2.41. The summed E-state index contributed by atoms with van der Waals surface area (Å²) in [5, 5.41) is 5.40. The number of hydrogen-bond donors (Lipinski definition) is 0. The number of rotatable bonds is 3. The highest BCUT2D eigenvalue weighted by Gasteiger charge is 2.30. The Bertz CT molecular complexity index is 1090. The van der Waals surface area contributed by atoms with E-state index >= 15 is 0 Å². The number of aromatic nitrogens is 4. The van der Waals surface area contributed by atoms with E-state index in [-0.39, 0.29) is 10.8 Å². The maximum Gasteiger partial charge on any atom is 0.284 e. The lowest BCUT2D eigenvalue weighted by Crippen LogP contribution is -2.21. The molecule has 5 rings (SSSR count). The largest absolute Gasteiger partial charge is 0.324 e. The molecular weight excluding hydrogens is 396 g/mol. The summed E-state index contributed by atoms with van der Waals surface area (Å²) < 4.78 is 3.67. The minimum atomic E-state index is -0.101. The van der Waals surface area contributed by atoms with Gasteiger partial charge in [-0.15, -0.1) is 5.10 Å². The van der Waals surface area contributed by atoms with Crippen LogP contribution in [0.4, 0.5) is 0 Å². The van der Waals surface area contributed by atoms with Gasteiger partial charge in [0.2, 0.25) is 0 Å². The summed E-state index contributed by atoms with van der Waals surface area (Å²) in [5.74, 6) is 0.835. The van der Waals surface area contributed by atoms with Gasteiger partial charge in [0.05, 0.1) is 10.9 Å². The summed E-state index contributed by atoms with van der Waals surface area (Å²) in [6.07, 6.45) is 8.89. The van der Waals surface area contributed by atoms with Crippen LogP contribution < -0.4 is 5.56 Å². The van der Waals surface area contributed by atoms with E-state index < -0.39 is 0 Å². The van der Waals surface area contributed by atoms with Crippen molar-refractivity contribution >= 4 is 17.5 Å². The highest BCUT2D eigenvalue weighted by atomic mass is 32.2. The average molecular weight is 423 g/mol. The lowest BCUT2D eigenvalue weighted by atomic mass is 10.1. The Morgan fingerprint density at radius 2 is 1.73 bits per heavy atom. The standard InChI is InChI=1S/C23H26N4O2S/c28-18-13-7-2-8-14-19(18)30-23-24-21-20(17-12-6-3-9-15-26(17)23)22(29)27(25-21)16-10-4-1-5-11-16/h1,4-5,10-11,19H,2-3,6-9,12-15H2. The van der Waals surface area contributed by atoms with E-state index in [1.165, 1.54) is 4.68 Å². The van der Waals surface area contributed by atoms with Gasteiger partial charge in [-0.1, -0.05) is 49.2 Å². The predicted octanol–water partition coefficient (Wildman–Crippen LogP) is 4.25. The molecule has 1 unspecified atom stereocenters. The lowest BCUT2D eigenvalue weighted by Gasteiger charge is -2.20. The number of Topliss-reactive ketones (excluding diaryl/α,β-unsaturated/α-hetero) is 1. The van der Waals surface area contributed by atoms with Gasteiger partial charge in [-0.3, -0.25) is 9.59 Å². The fourth-order valence-corrected chi connectivity index (χ4v) is 5.82. The summed E-state index contributed by atoms with van der Waals surface area (Å²) in [6.45, 7) is 0.845. The summed E-state index contributed by atoms with van der Waals surface area (Å²) in [6, 6.07) is 9.51. The molecule has 1 atom stereocenters. The van der Waals surface area contributed by atoms with E-state index in [1.54, 1.807) is 11.8 Å². The van der Waals surface area contributed by atoms with Crippen LogP contribution in [0.2, 0.25) is 0 Å². The highest BCUT2D eigenvalue weighted by Crippen LogP contribution is 2.35. The van der Waals surface area contributed by atoms with Gasteiger partial charge in [-0.2, -0.15) is 4.68 Å². The Labute approximate surface area is 180 Å². The van der Waals surface area contributed by atoms with Gasteiger partial charge in [-0.25, -0.2) is 4.98 Å². The van der Waals surface area contributed by atoms with E-state index in [0.717, 1.165) is 74.4 Å². The van der Waals surface area contributed by atoms with E-state index in [9.17, 15) is 9.59 Å². The van der Waals surface area contributed by atoms with Crippen molar-refractivity contribution < 1.29 is 4.79 Å². The van der Waals surface area contributed by atoms with E-state index in [1.807, 2.05) is 30.3 Å². The van der Waals surface area contributed by atoms with Crippen LogP contribution in [0, 0.1) is 0 Å². The van der Waals surface area contributed by atoms with Gasteiger partial charge < -0.3 is 4.57 Å². The third-order valence-electron chi connectivity index (χ3n) is 6.16. The minimum Gasteiger partial charge on any atom is -0.324 e. The number of nitrogens with zero attached hydrogens (tertiary/aromatic N) is 4. The van der Waals surface area contributed by atoms with Crippen LogP contribution in [0.1, 0.15) is 57.1 Å². The summed E-state index contributed by atoms with van der Waals surface area (Å²) in [7, 11) is 0. The van der Waals surface area contributed by atoms with E-state index in [4.69, 9.17) is 4.98 Å². The first-order valence-corrected chi connectivity index (χ1v) is 11.9. The van der Waals surface area contributed by atoms with Crippen LogP contribution in [0.15, 0.2) is 40.3 Å². The molecule has 0 saturated heterocycles. The molecule has 3 aliphatic heterocycles. The monoisotopic (exact) mass is 422 g/mol. The zero-order valence-electron chi connectivity index (χ0n) is 17.0. The molecule has 1 aliphatic carbocycles. The smallest absolute Gasteiger partial charge is 0.284 e. The molecule has 0 N–H and O–H groups in total. The highest BCUT2D eigenvalue weighted by molar-refractivity contribution is 8.00. The second kappa shape index (κ2) is 8.38. The Kier molecular flexibility index (Phi) is 5.46. The number of para-hydroxylation sites is 1. The van der Waals surface area contributed by atoms with Crippen molar-refractivity contribution in [1.82, 2.24) is 19.3 Å². The Balaban J connectivity index is 1.64. The van der Waals surface area contributed by atoms with Crippen molar-refractivity contribution in [3.63, 3.8) is 0 Å². The molecule has 1 saturated carbocycles. The second-order valence-electron chi connectivity index (χ2n) is 8.23. The normalized spacial score (nSPS) is 20.0. The molecule has 7 heteroatoms. The van der Waals surface area contributed by atoms with Crippen molar-refractivity contribution in [3.05, 3.63) is 46.4 Å². The molecule has 0 aromatic heterocycles. The van der Waals surface area contributed by atoms with Crippen molar-refractivity contribution in [3.8, 4) is 17.1 Å². The van der Waals surface area contributed by atoms with Crippen LogP contribution in [-0.4, -0.2) is 30.4 Å². The molecule has 0 amide bonds. The van der Waals surface area contributed by atoms with Gasteiger partial charge in [0, 0.05) is 18.7 Å². The molecule has 3 heterocycles. The van der Waals surface area contributed by atoms with Crippen LogP contribution in [-0.2, 0) is 17.8 Å². The zero-order valence-corrected chi connectivity index (χ0v) is 17.9. The van der Waals surface area contributed by atoms with Crippen molar-refractivity contribution in [1.29, 1.82) is 0 Å². The third kappa shape index (κ3) is 3.60. The number of benzene rings is 1. The zero-order chi connectivity index (χ0) is 20.5. The fourth-order valence-electron chi connectivity index (χ4n) is 4.57. The molecule has 0 radical (unpaired) electrons. The average Bonchev–Trinajstić information content (AvgIpc) is 2.94. The first kappa shape index (κ1) is 19.5. The molecule has 4 aliphatic rings. The van der Waals surface area contributed by atoms with Gasteiger partial charge in [0.1, 0.15) is 11.3 Å². The Morgan fingerprint density at radius 3 is 2.60 bits per heavy atom. The first-order valence-electron chi connectivity index (χ1n) is 11.0. The van der Waals surface area contributed by atoms with Gasteiger partial charge in [0.25, 0.3) is 5.56 Å². The number of hydrogen-bond acceptors (Lipinski definition) is 5. The first-order chi connectivity index (χ1) is 14.7. The maximum atomic E-state index is 13.3. The topological polar surface area (TPSA) is 69.8 Å². The number of carbonyl (C=O) groups is 1. The molecule has 0 spiro atoms. The Morgan fingerprint density at radius 1 is 0.933 bits per heavy atom. The molecular formula is C23H26N4O2S. The quantitative estimate of drug-likeness (QED) is 0.466. The molecule has 30 heavy (non-hydrogen) atoms. The maximum absolute atomic E-state index is 13.3. The summed E-state index contributed by atoms with van der Waals surface area (Å²) in [4.78, 5) is 30.8. The van der Waals surface area contributed by atoms with Crippen molar-refractivity contribution in [2.75, 3.05) is 0 Å². The van der Waals surface area contributed by atoms with Crippen LogP contribution in [0.25, 0.3) is 17.1 Å². The predicted molar refractivity (Wildman–Crippen MR) is 118 cm³/mol. The number of ketones is 1. The van der Waals surface area contributed by atoms with Crippen molar-refractivity contribution in [2.45, 2.75) is 74.7 Å². The minimum absolute atomic E-state index is 0.0414.